The third kappa shape index (κ3) is 13.5. The zero-order valence-corrected chi connectivity index (χ0v) is 36.9. The number of unbranched alkanes of at least 4 members (excludes halogenated alkanes) is 12. The van der Waals surface area contributed by atoms with Crippen LogP contribution in [0.1, 0.15) is 168 Å². The summed E-state index contributed by atoms with van der Waals surface area (Å²) in [4.78, 5) is 43.1. The van der Waals surface area contributed by atoms with Gasteiger partial charge >= 0.3 is 5.97 Å². The average Bonchev–Trinajstić information content (AvgIpc) is 3.52. The minimum Gasteiger partial charge on any atom is -0.479 e. The van der Waals surface area contributed by atoms with Gasteiger partial charge < -0.3 is 10.2 Å². The number of allylic oxidation sites excluding steroid dienone is 1. The van der Waals surface area contributed by atoms with Crippen molar-refractivity contribution in [2.45, 2.75) is 178 Å². The van der Waals surface area contributed by atoms with Gasteiger partial charge in [0, 0.05) is 5.25 Å². The summed E-state index contributed by atoms with van der Waals surface area (Å²) in [6.07, 6.45) is 24.6. The van der Waals surface area contributed by atoms with Crippen LogP contribution in [-0.2, 0) is 14.3 Å². The molecule has 2 aromatic rings. The second kappa shape index (κ2) is 25.7. The lowest BCUT2D eigenvalue weighted by Crippen LogP contribution is -2.56. The minimum atomic E-state index is -2.35. The SMILES string of the molecule is CCCCCCCCC(CCCCCC=C[C@H](C(=O)N1C(=O)SC(c2ccccc2)(c2ccccc2)C1C(C)C)[C@@](O)(CCC)C(=O)O)SCCCCCCC. The van der Waals surface area contributed by atoms with E-state index in [4.69, 9.17) is 0 Å². The van der Waals surface area contributed by atoms with Crippen molar-refractivity contribution in [3.05, 3.63) is 83.9 Å². The predicted molar refractivity (Wildman–Crippen MR) is 238 cm³/mol. The summed E-state index contributed by atoms with van der Waals surface area (Å²) in [5.41, 5.74) is -0.559. The molecule has 2 aromatic carbocycles. The summed E-state index contributed by atoms with van der Waals surface area (Å²) in [7, 11) is 0. The molecule has 1 aliphatic heterocycles. The number of benzene rings is 2. The molecule has 0 bridgehead atoms. The van der Waals surface area contributed by atoms with E-state index in [1.54, 1.807) is 13.0 Å². The van der Waals surface area contributed by atoms with E-state index in [2.05, 4.69) is 25.6 Å². The summed E-state index contributed by atoms with van der Waals surface area (Å²) in [6.45, 7) is 10.3. The fourth-order valence-electron chi connectivity index (χ4n) is 8.37. The molecule has 8 heteroatoms. The maximum atomic E-state index is 14.8. The third-order valence-corrected chi connectivity index (χ3v) is 14.3. The Morgan fingerprint density at radius 1 is 0.786 bits per heavy atom. The van der Waals surface area contributed by atoms with Crippen LogP contribution >= 0.6 is 23.5 Å². The molecule has 2 amide bonds. The number of thioether (sulfide) groups is 2. The lowest BCUT2D eigenvalue weighted by atomic mass is 9.77. The Bertz CT molecular complexity index is 1390. The van der Waals surface area contributed by atoms with Crippen molar-refractivity contribution < 1.29 is 24.6 Å². The summed E-state index contributed by atoms with van der Waals surface area (Å²) in [5, 5.41) is 22.5. The normalized spacial score (nSPS) is 17.7. The summed E-state index contributed by atoms with van der Waals surface area (Å²) in [5.74, 6) is -2.44. The molecular formula is C48H73NO5S2. The van der Waals surface area contributed by atoms with Crippen molar-refractivity contribution in [3.63, 3.8) is 0 Å². The highest BCUT2D eigenvalue weighted by Gasteiger charge is 2.60. The first kappa shape index (κ1) is 47.8. The molecule has 6 nitrogen and oxygen atoms in total. The number of carbonyl (C=O) groups excluding carboxylic acids is 2. The Balaban J connectivity index is 1.76. The quantitative estimate of drug-likeness (QED) is 0.0624. The predicted octanol–water partition coefficient (Wildman–Crippen LogP) is 13.2. The average molecular weight is 808 g/mol. The van der Waals surface area contributed by atoms with Crippen LogP contribution in [-0.4, -0.2) is 54.9 Å². The van der Waals surface area contributed by atoms with Crippen LogP contribution in [0, 0.1) is 11.8 Å². The smallest absolute Gasteiger partial charge is 0.336 e. The van der Waals surface area contributed by atoms with Crippen LogP contribution in [0.3, 0.4) is 0 Å². The number of hydrogen-bond donors (Lipinski definition) is 2. The van der Waals surface area contributed by atoms with Gasteiger partial charge in [-0.3, -0.25) is 14.5 Å². The number of hydrogen-bond acceptors (Lipinski definition) is 6. The van der Waals surface area contributed by atoms with Crippen LogP contribution in [0.5, 0.6) is 0 Å². The van der Waals surface area contributed by atoms with E-state index in [0.29, 0.717) is 18.1 Å². The Morgan fingerprint density at radius 3 is 1.82 bits per heavy atom. The number of imide groups is 1. The fraction of sp³-hybridized carbons (Fsp3) is 0.646. The highest BCUT2D eigenvalue weighted by molar-refractivity contribution is 8.15. The number of amides is 2. The highest BCUT2D eigenvalue weighted by atomic mass is 32.2. The molecule has 1 fully saturated rings. The van der Waals surface area contributed by atoms with Gasteiger partial charge in [-0.15, -0.1) is 0 Å². The second-order valence-electron chi connectivity index (χ2n) is 16.2. The Kier molecular flexibility index (Phi) is 22.0. The first-order valence-electron chi connectivity index (χ1n) is 22.0. The van der Waals surface area contributed by atoms with E-state index >= 15 is 0 Å². The molecule has 0 aliphatic carbocycles. The number of carboxylic acid groups (broad SMARTS) is 1. The van der Waals surface area contributed by atoms with Crippen LogP contribution in [0.25, 0.3) is 0 Å². The summed E-state index contributed by atoms with van der Waals surface area (Å²) >= 11 is 3.29. The maximum absolute atomic E-state index is 14.8. The van der Waals surface area contributed by atoms with Crippen molar-refractivity contribution >= 4 is 40.6 Å². The van der Waals surface area contributed by atoms with Crippen molar-refractivity contribution in [1.29, 1.82) is 0 Å². The van der Waals surface area contributed by atoms with Gasteiger partial charge in [0.2, 0.25) is 5.91 Å². The molecule has 0 spiro atoms. The van der Waals surface area contributed by atoms with E-state index in [1.165, 1.54) is 94.1 Å². The Hall–Kier alpha value is -2.55. The fourth-order valence-corrected chi connectivity index (χ4v) is 11.3. The number of aliphatic hydroxyl groups is 1. The topological polar surface area (TPSA) is 94.9 Å². The van der Waals surface area contributed by atoms with Gasteiger partial charge in [-0.2, -0.15) is 11.8 Å². The van der Waals surface area contributed by atoms with E-state index in [1.807, 2.05) is 80.6 Å². The van der Waals surface area contributed by atoms with Gasteiger partial charge in [-0.1, -0.05) is 191 Å². The number of nitrogens with zero attached hydrogens (tertiary/aromatic N) is 1. The van der Waals surface area contributed by atoms with Crippen molar-refractivity contribution in [1.82, 2.24) is 4.90 Å². The van der Waals surface area contributed by atoms with Gasteiger partial charge in [-0.25, -0.2) is 4.79 Å². The Labute approximate surface area is 348 Å². The van der Waals surface area contributed by atoms with Crippen LogP contribution in [0.4, 0.5) is 4.79 Å². The van der Waals surface area contributed by atoms with Crippen molar-refractivity contribution in [2.24, 2.45) is 11.8 Å². The highest BCUT2D eigenvalue weighted by Crippen LogP contribution is 2.56. The molecule has 0 aromatic heterocycles. The lowest BCUT2D eigenvalue weighted by Gasteiger charge is -2.41. The van der Waals surface area contributed by atoms with Gasteiger partial charge in [-0.05, 0) is 73.1 Å². The molecule has 1 aliphatic rings. The second-order valence-corrected chi connectivity index (χ2v) is 18.8. The molecule has 0 radical (unpaired) electrons. The van der Waals surface area contributed by atoms with E-state index in [-0.39, 0.29) is 12.3 Å². The standard InChI is InChI=1S/C48H73NO5S2/c1-6-9-11-13-15-25-33-41(55-37-28-18-12-10-7-2)34-26-16-14-17-27-35-42(47(54,36-8-3)45(51)52)44(50)49-43(38(4)5)48(56-46(49)53,39-29-21-19-22-30-39)40-31-23-20-24-32-40/h19-24,27,29-32,35,38,41-43,54H,6-18,25-26,28,33-34,36-37H2,1-5H3,(H,51,52)/t41?,42-,43?,47+/m1/s1. The van der Waals surface area contributed by atoms with Crippen LogP contribution in [0.15, 0.2) is 72.8 Å². The van der Waals surface area contributed by atoms with Crippen LogP contribution < -0.4 is 0 Å². The molecule has 1 heterocycles. The number of rotatable bonds is 29. The molecule has 4 atom stereocenters. The van der Waals surface area contributed by atoms with Crippen molar-refractivity contribution in [2.75, 3.05) is 5.75 Å². The largest absolute Gasteiger partial charge is 0.479 e. The molecule has 56 heavy (non-hydrogen) atoms. The first-order valence-corrected chi connectivity index (χ1v) is 23.9. The molecule has 312 valence electrons. The van der Waals surface area contributed by atoms with Gasteiger partial charge in [0.05, 0.1) is 16.7 Å². The summed E-state index contributed by atoms with van der Waals surface area (Å²) < 4.78 is -0.913. The van der Waals surface area contributed by atoms with Crippen molar-refractivity contribution in [3.8, 4) is 0 Å². The first-order chi connectivity index (χ1) is 27.1. The van der Waals surface area contributed by atoms with Crippen LogP contribution in [0.2, 0.25) is 0 Å². The minimum absolute atomic E-state index is 0.108. The monoisotopic (exact) mass is 807 g/mol. The molecule has 3 rings (SSSR count). The van der Waals surface area contributed by atoms with E-state index in [9.17, 15) is 24.6 Å². The van der Waals surface area contributed by atoms with Gasteiger partial charge in [0.1, 0.15) is 0 Å². The van der Waals surface area contributed by atoms with E-state index in [0.717, 1.165) is 42.2 Å². The number of carboxylic acids is 1. The Morgan fingerprint density at radius 2 is 1.30 bits per heavy atom. The molecule has 0 saturated carbocycles. The molecule has 2 unspecified atom stereocenters. The zero-order valence-electron chi connectivity index (χ0n) is 35.3. The van der Waals surface area contributed by atoms with E-state index < -0.39 is 39.4 Å². The molecule has 2 N–H and O–H groups in total. The zero-order chi connectivity index (χ0) is 40.8. The van der Waals surface area contributed by atoms with Gasteiger partial charge in [0.15, 0.2) is 5.60 Å². The third-order valence-electron chi connectivity index (χ3n) is 11.4. The maximum Gasteiger partial charge on any atom is 0.336 e. The lowest BCUT2D eigenvalue weighted by molar-refractivity contribution is -0.169. The number of carbonyl (C=O) groups is 3. The number of aliphatic carboxylic acids is 1. The summed E-state index contributed by atoms with van der Waals surface area (Å²) in [6, 6.07) is 18.9. The van der Waals surface area contributed by atoms with Gasteiger partial charge in [0.25, 0.3) is 5.24 Å². The molecular weight excluding hydrogens is 735 g/mol. The molecule has 1 saturated heterocycles.